The lowest BCUT2D eigenvalue weighted by Gasteiger charge is -2.04. The quantitative estimate of drug-likeness (QED) is 0.711. The van der Waals surface area contributed by atoms with E-state index in [9.17, 15) is 4.79 Å². The Morgan fingerprint density at radius 3 is 2.13 bits per heavy atom. The Morgan fingerprint density at radius 2 is 1.73 bits per heavy atom. The maximum Gasteiger partial charge on any atom is 0.309 e. The third kappa shape index (κ3) is 1.97. The molecular formula is C11H10Cl2O2. The van der Waals surface area contributed by atoms with Gasteiger partial charge in [0, 0.05) is 0 Å². The van der Waals surface area contributed by atoms with E-state index in [1.54, 1.807) is 0 Å². The predicted molar refractivity (Wildman–Crippen MR) is 59.4 cm³/mol. The van der Waals surface area contributed by atoms with Gasteiger partial charge in [-0.1, -0.05) is 23.2 Å². The van der Waals surface area contributed by atoms with Gasteiger partial charge in [-0.2, -0.15) is 0 Å². The van der Waals surface area contributed by atoms with E-state index in [1.807, 2.05) is 12.1 Å². The van der Waals surface area contributed by atoms with E-state index in [1.165, 1.54) is 7.11 Å². The van der Waals surface area contributed by atoms with Gasteiger partial charge in [-0.05, 0) is 36.1 Å². The van der Waals surface area contributed by atoms with Crippen LogP contribution in [0.1, 0.15) is 11.1 Å². The molecular weight excluding hydrogens is 235 g/mol. The van der Waals surface area contributed by atoms with Crippen molar-refractivity contribution in [2.24, 2.45) is 5.92 Å². The summed E-state index contributed by atoms with van der Waals surface area (Å²) in [5, 5.41) is 1.09. The molecule has 1 aliphatic carbocycles. The van der Waals surface area contributed by atoms with Crippen molar-refractivity contribution < 1.29 is 9.53 Å². The van der Waals surface area contributed by atoms with Crippen LogP contribution in [0.5, 0.6) is 0 Å². The molecule has 0 spiro atoms. The van der Waals surface area contributed by atoms with Gasteiger partial charge in [-0.15, -0.1) is 0 Å². The Hall–Kier alpha value is -0.730. The number of benzene rings is 1. The highest BCUT2D eigenvalue weighted by atomic mass is 35.5. The number of hydrogen-bond acceptors (Lipinski definition) is 2. The van der Waals surface area contributed by atoms with Crippen molar-refractivity contribution in [3.8, 4) is 0 Å². The number of hydrogen-bond donors (Lipinski definition) is 0. The summed E-state index contributed by atoms with van der Waals surface area (Å²) in [6.45, 7) is 0. The summed E-state index contributed by atoms with van der Waals surface area (Å²) in [6, 6.07) is 3.67. The maximum absolute atomic E-state index is 11.4. The highest BCUT2D eigenvalue weighted by molar-refractivity contribution is 6.42. The molecule has 1 aromatic rings. The van der Waals surface area contributed by atoms with Gasteiger partial charge in [0.1, 0.15) is 0 Å². The zero-order chi connectivity index (χ0) is 11.0. The SMILES string of the molecule is COC(=O)C1Cc2cc(Cl)c(Cl)cc2C1. The molecule has 0 aliphatic heterocycles. The van der Waals surface area contributed by atoms with Gasteiger partial charge in [0.05, 0.1) is 23.1 Å². The van der Waals surface area contributed by atoms with Gasteiger partial charge in [0.15, 0.2) is 0 Å². The van der Waals surface area contributed by atoms with Crippen LogP contribution in [0.2, 0.25) is 10.0 Å². The Bertz CT molecular complexity index is 384. The Balaban J connectivity index is 2.27. The topological polar surface area (TPSA) is 26.3 Å². The molecule has 0 radical (unpaired) electrons. The highest BCUT2D eigenvalue weighted by Crippen LogP contribution is 2.33. The molecule has 0 atom stereocenters. The van der Waals surface area contributed by atoms with Gasteiger partial charge < -0.3 is 4.74 Å². The minimum absolute atomic E-state index is 0.0838. The first kappa shape index (κ1) is 10.8. The molecule has 4 heteroatoms. The number of fused-ring (bicyclic) bond motifs is 1. The number of esters is 1. The van der Waals surface area contributed by atoms with Crippen molar-refractivity contribution in [2.75, 3.05) is 7.11 Å². The standard InChI is InChI=1S/C11H10Cl2O2/c1-15-11(14)8-2-6-4-9(12)10(13)5-7(6)3-8/h4-5,8H,2-3H2,1H3. The molecule has 0 amide bonds. The van der Waals surface area contributed by atoms with Crippen LogP contribution < -0.4 is 0 Å². The number of carbonyl (C=O) groups is 1. The lowest BCUT2D eigenvalue weighted by Crippen LogP contribution is -2.15. The zero-order valence-corrected chi connectivity index (χ0v) is 9.73. The van der Waals surface area contributed by atoms with Crippen LogP contribution in [0.3, 0.4) is 0 Å². The Labute approximate surface area is 98.1 Å². The van der Waals surface area contributed by atoms with Crippen molar-refractivity contribution in [2.45, 2.75) is 12.8 Å². The van der Waals surface area contributed by atoms with Crippen molar-refractivity contribution in [1.29, 1.82) is 0 Å². The van der Waals surface area contributed by atoms with Crippen LogP contribution in [0.25, 0.3) is 0 Å². The average Bonchev–Trinajstić information content (AvgIpc) is 2.60. The first-order valence-electron chi connectivity index (χ1n) is 4.66. The van der Waals surface area contributed by atoms with Crippen LogP contribution in [0.15, 0.2) is 12.1 Å². The second kappa shape index (κ2) is 4.03. The Kier molecular flexibility index (Phi) is 2.89. The molecule has 0 saturated heterocycles. The van der Waals surface area contributed by atoms with Crippen molar-refractivity contribution >= 4 is 29.2 Å². The van der Waals surface area contributed by atoms with Crippen LogP contribution in [-0.2, 0) is 22.4 Å². The fraction of sp³-hybridized carbons (Fsp3) is 0.364. The van der Waals surface area contributed by atoms with Crippen molar-refractivity contribution in [3.05, 3.63) is 33.3 Å². The molecule has 0 bridgehead atoms. The fourth-order valence-electron chi connectivity index (χ4n) is 1.95. The fourth-order valence-corrected chi connectivity index (χ4v) is 2.32. The van der Waals surface area contributed by atoms with E-state index in [4.69, 9.17) is 27.9 Å². The molecule has 1 aliphatic rings. The summed E-state index contributed by atoms with van der Waals surface area (Å²) < 4.78 is 4.72. The van der Waals surface area contributed by atoms with E-state index in [-0.39, 0.29) is 11.9 Å². The van der Waals surface area contributed by atoms with Gasteiger partial charge in [0.2, 0.25) is 0 Å². The number of halogens is 2. The summed E-state index contributed by atoms with van der Waals surface area (Å²) in [7, 11) is 1.41. The third-order valence-corrected chi connectivity index (χ3v) is 3.43. The minimum atomic E-state index is -0.168. The number of ether oxygens (including phenoxy) is 1. The molecule has 0 unspecified atom stereocenters. The van der Waals surface area contributed by atoms with Crippen LogP contribution in [-0.4, -0.2) is 13.1 Å². The second-order valence-corrected chi connectivity index (χ2v) is 4.48. The van der Waals surface area contributed by atoms with Crippen molar-refractivity contribution in [1.82, 2.24) is 0 Å². The number of methoxy groups -OCH3 is 1. The van der Waals surface area contributed by atoms with E-state index in [2.05, 4.69) is 0 Å². The molecule has 0 aromatic heterocycles. The maximum atomic E-state index is 11.4. The normalized spacial score (nSPS) is 15.1. The molecule has 1 aromatic carbocycles. The molecule has 0 fully saturated rings. The van der Waals surface area contributed by atoms with Crippen LogP contribution in [0.4, 0.5) is 0 Å². The summed E-state index contributed by atoms with van der Waals surface area (Å²) in [5.74, 6) is -0.252. The van der Waals surface area contributed by atoms with E-state index in [0.29, 0.717) is 22.9 Å². The molecule has 15 heavy (non-hydrogen) atoms. The third-order valence-electron chi connectivity index (χ3n) is 2.71. The summed E-state index contributed by atoms with van der Waals surface area (Å²) in [4.78, 5) is 11.4. The summed E-state index contributed by atoms with van der Waals surface area (Å²) >= 11 is 11.8. The highest BCUT2D eigenvalue weighted by Gasteiger charge is 2.28. The first-order chi connectivity index (χ1) is 7.11. The Morgan fingerprint density at radius 1 is 1.27 bits per heavy atom. The number of carbonyl (C=O) groups excluding carboxylic acids is 1. The minimum Gasteiger partial charge on any atom is -0.469 e. The molecule has 0 heterocycles. The van der Waals surface area contributed by atoms with Gasteiger partial charge in [-0.3, -0.25) is 4.79 Å². The molecule has 2 nitrogen and oxygen atoms in total. The first-order valence-corrected chi connectivity index (χ1v) is 5.42. The molecule has 80 valence electrons. The lowest BCUT2D eigenvalue weighted by atomic mass is 10.1. The summed E-state index contributed by atoms with van der Waals surface area (Å²) in [5.41, 5.74) is 2.19. The average molecular weight is 245 g/mol. The van der Waals surface area contributed by atoms with Gasteiger partial charge in [-0.25, -0.2) is 0 Å². The smallest absolute Gasteiger partial charge is 0.309 e. The van der Waals surface area contributed by atoms with Crippen LogP contribution >= 0.6 is 23.2 Å². The monoisotopic (exact) mass is 244 g/mol. The molecule has 0 N–H and O–H groups in total. The molecule has 0 saturated carbocycles. The van der Waals surface area contributed by atoms with Crippen LogP contribution in [0, 0.1) is 5.92 Å². The summed E-state index contributed by atoms with van der Waals surface area (Å²) in [6.07, 6.45) is 1.39. The van der Waals surface area contributed by atoms with E-state index < -0.39 is 0 Å². The zero-order valence-electron chi connectivity index (χ0n) is 8.22. The predicted octanol–water partition coefficient (Wildman–Crippen LogP) is 2.88. The van der Waals surface area contributed by atoms with Gasteiger partial charge in [0.25, 0.3) is 0 Å². The molecule has 2 rings (SSSR count). The van der Waals surface area contributed by atoms with Gasteiger partial charge >= 0.3 is 5.97 Å². The number of rotatable bonds is 1. The van der Waals surface area contributed by atoms with Crippen molar-refractivity contribution in [3.63, 3.8) is 0 Å². The van der Waals surface area contributed by atoms with E-state index >= 15 is 0 Å². The van der Waals surface area contributed by atoms with E-state index in [0.717, 1.165) is 11.1 Å². The lowest BCUT2D eigenvalue weighted by molar-refractivity contribution is -0.145. The second-order valence-electron chi connectivity index (χ2n) is 3.66. The largest absolute Gasteiger partial charge is 0.469 e.